The molecule has 26 heavy (non-hydrogen) atoms. The van der Waals surface area contributed by atoms with Gasteiger partial charge in [-0.1, -0.05) is 59.8 Å². The fourth-order valence-corrected chi connectivity index (χ4v) is 2.65. The quantitative estimate of drug-likeness (QED) is 0.708. The highest BCUT2D eigenvalue weighted by molar-refractivity contribution is 5.73. The summed E-state index contributed by atoms with van der Waals surface area (Å²) in [5.41, 5.74) is 8.63. The molecular weight excluding hydrogens is 328 g/mol. The van der Waals surface area contributed by atoms with E-state index in [1.165, 1.54) is 0 Å². The number of rotatable bonds is 7. The molecule has 1 heterocycles. The summed E-state index contributed by atoms with van der Waals surface area (Å²) in [7, 11) is 0. The van der Waals surface area contributed by atoms with Crippen molar-refractivity contribution in [2.45, 2.75) is 26.4 Å². The molecule has 0 aliphatic heterocycles. The summed E-state index contributed by atoms with van der Waals surface area (Å²) in [6, 6.07) is 17.6. The van der Waals surface area contributed by atoms with Gasteiger partial charge < -0.3 is 15.2 Å². The van der Waals surface area contributed by atoms with E-state index in [0.717, 1.165) is 16.7 Å². The molecular formula is C20H22N4O2. The molecule has 6 heteroatoms. The van der Waals surface area contributed by atoms with Gasteiger partial charge in [0.2, 0.25) is 17.6 Å². The summed E-state index contributed by atoms with van der Waals surface area (Å²) in [4.78, 5) is 18.1. The molecule has 3 aromatic rings. The topological polar surface area (TPSA) is 85.2 Å². The molecule has 0 fully saturated rings. The fraction of sp³-hybridized carbons (Fsp3) is 0.250. The van der Waals surface area contributed by atoms with Gasteiger partial charge in [0, 0.05) is 38.5 Å². The van der Waals surface area contributed by atoms with Crippen LogP contribution in [-0.4, -0.2) is 27.5 Å². The first-order valence-corrected chi connectivity index (χ1v) is 8.57. The third-order valence-electron chi connectivity index (χ3n) is 4.17. The minimum Gasteiger partial charge on any atom is -0.339 e. The first-order chi connectivity index (χ1) is 12.7. The normalized spacial score (nSPS) is 10.7. The number of carbonyl (C=O) groups excluding carboxylic acids is 1. The van der Waals surface area contributed by atoms with Gasteiger partial charge in [-0.2, -0.15) is 4.98 Å². The van der Waals surface area contributed by atoms with Gasteiger partial charge in [-0.15, -0.1) is 0 Å². The molecule has 0 radical (unpaired) electrons. The monoisotopic (exact) mass is 350 g/mol. The summed E-state index contributed by atoms with van der Waals surface area (Å²) in [5, 5.41) is 4.03. The summed E-state index contributed by atoms with van der Waals surface area (Å²) in [6.45, 7) is 3.16. The van der Waals surface area contributed by atoms with Crippen LogP contribution < -0.4 is 5.73 Å². The van der Waals surface area contributed by atoms with Crippen LogP contribution in [0.5, 0.6) is 0 Å². The summed E-state index contributed by atoms with van der Waals surface area (Å²) in [6.07, 6.45) is 0.514. The van der Waals surface area contributed by atoms with Crippen LogP contribution in [0.4, 0.5) is 0 Å². The number of carbonyl (C=O) groups is 1. The SMILES string of the molecule is CC(=O)N(CCc1nc(-c2ccc(CN)cc2)no1)Cc1ccccc1. The van der Waals surface area contributed by atoms with Crippen LogP contribution in [0.2, 0.25) is 0 Å². The number of nitrogens with zero attached hydrogens (tertiary/aromatic N) is 3. The number of hydrogen-bond acceptors (Lipinski definition) is 5. The van der Waals surface area contributed by atoms with E-state index in [1.54, 1.807) is 11.8 Å². The average molecular weight is 350 g/mol. The molecule has 0 aliphatic carbocycles. The van der Waals surface area contributed by atoms with Crippen LogP contribution in [0, 0.1) is 0 Å². The molecule has 6 nitrogen and oxygen atoms in total. The fourth-order valence-electron chi connectivity index (χ4n) is 2.65. The van der Waals surface area contributed by atoms with Crippen molar-refractivity contribution in [2.75, 3.05) is 6.54 Å². The molecule has 2 aromatic carbocycles. The minimum absolute atomic E-state index is 0.0194. The lowest BCUT2D eigenvalue weighted by Gasteiger charge is -2.20. The number of benzene rings is 2. The summed E-state index contributed by atoms with van der Waals surface area (Å²) < 4.78 is 5.33. The molecule has 134 valence electrons. The average Bonchev–Trinajstić information content (AvgIpc) is 3.15. The van der Waals surface area contributed by atoms with E-state index < -0.39 is 0 Å². The highest BCUT2D eigenvalue weighted by Crippen LogP contribution is 2.17. The van der Waals surface area contributed by atoms with Gasteiger partial charge >= 0.3 is 0 Å². The Morgan fingerprint density at radius 1 is 1.08 bits per heavy atom. The van der Waals surface area contributed by atoms with Crippen molar-refractivity contribution in [1.82, 2.24) is 15.0 Å². The van der Waals surface area contributed by atoms with Crippen LogP contribution in [0.3, 0.4) is 0 Å². The number of amides is 1. The van der Waals surface area contributed by atoms with Gasteiger partial charge in [-0.05, 0) is 11.1 Å². The molecule has 3 rings (SSSR count). The van der Waals surface area contributed by atoms with Crippen molar-refractivity contribution < 1.29 is 9.32 Å². The van der Waals surface area contributed by atoms with E-state index in [-0.39, 0.29) is 5.91 Å². The van der Waals surface area contributed by atoms with E-state index in [1.807, 2.05) is 54.6 Å². The second-order valence-corrected chi connectivity index (χ2v) is 6.09. The van der Waals surface area contributed by atoms with Crippen molar-refractivity contribution in [2.24, 2.45) is 5.73 Å². The highest BCUT2D eigenvalue weighted by atomic mass is 16.5. The lowest BCUT2D eigenvalue weighted by atomic mass is 10.1. The van der Waals surface area contributed by atoms with Crippen LogP contribution in [0.15, 0.2) is 59.1 Å². The molecule has 0 saturated carbocycles. The predicted molar refractivity (Wildman–Crippen MR) is 98.9 cm³/mol. The Balaban J connectivity index is 1.63. The lowest BCUT2D eigenvalue weighted by Crippen LogP contribution is -2.30. The Hall–Kier alpha value is -2.99. The Labute approximate surface area is 152 Å². The van der Waals surface area contributed by atoms with Crippen molar-refractivity contribution in [3.8, 4) is 11.4 Å². The zero-order valence-corrected chi connectivity index (χ0v) is 14.8. The molecule has 0 atom stereocenters. The maximum Gasteiger partial charge on any atom is 0.228 e. The van der Waals surface area contributed by atoms with E-state index in [2.05, 4.69) is 10.1 Å². The molecule has 0 bridgehead atoms. The van der Waals surface area contributed by atoms with Gasteiger partial charge in [0.15, 0.2) is 0 Å². The van der Waals surface area contributed by atoms with Gasteiger partial charge in [-0.3, -0.25) is 4.79 Å². The lowest BCUT2D eigenvalue weighted by molar-refractivity contribution is -0.129. The largest absolute Gasteiger partial charge is 0.339 e. The molecule has 0 aliphatic rings. The molecule has 2 N–H and O–H groups in total. The zero-order valence-electron chi connectivity index (χ0n) is 14.8. The molecule has 0 unspecified atom stereocenters. The van der Waals surface area contributed by atoms with E-state index in [4.69, 9.17) is 10.3 Å². The molecule has 1 amide bonds. The zero-order chi connectivity index (χ0) is 18.4. The first kappa shape index (κ1) is 17.8. The van der Waals surface area contributed by atoms with Crippen LogP contribution in [0.25, 0.3) is 11.4 Å². The maximum atomic E-state index is 11.9. The number of hydrogen-bond donors (Lipinski definition) is 1. The minimum atomic E-state index is 0.0194. The Bertz CT molecular complexity index is 844. The van der Waals surface area contributed by atoms with Gasteiger partial charge in [0.1, 0.15) is 0 Å². The van der Waals surface area contributed by atoms with Crippen molar-refractivity contribution in [3.63, 3.8) is 0 Å². The number of nitrogens with two attached hydrogens (primary N) is 1. The Morgan fingerprint density at radius 2 is 1.81 bits per heavy atom. The first-order valence-electron chi connectivity index (χ1n) is 8.57. The second kappa shape index (κ2) is 8.40. The second-order valence-electron chi connectivity index (χ2n) is 6.09. The van der Waals surface area contributed by atoms with Gasteiger partial charge in [0.05, 0.1) is 0 Å². The van der Waals surface area contributed by atoms with Crippen LogP contribution >= 0.6 is 0 Å². The van der Waals surface area contributed by atoms with E-state index >= 15 is 0 Å². The molecule has 1 aromatic heterocycles. The maximum absolute atomic E-state index is 11.9. The third kappa shape index (κ3) is 4.55. The summed E-state index contributed by atoms with van der Waals surface area (Å²) >= 11 is 0. The Morgan fingerprint density at radius 3 is 2.46 bits per heavy atom. The van der Waals surface area contributed by atoms with Crippen LogP contribution in [0.1, 0.15) is 23.9 Å². The Kier molecular flexibility index (Phi) is 5.76. The van der Waals surface area contributed by atoms with Crippen molar-refractivity contribution >= 4 is 5.91 Å². The van der Waals surface area contributed by atoms with E-state index in [0.29, 0.717) is 37.8 Å². The van der Waals surface area contributed by atoms with Gasteiger partial charge in [-0.25, -0.2) is 0 Å². The third-order valence-corrected chi connectivity index (χ3v) is 4.17. The molecule has 0 saturated heterocycles. The van der Waals surface area contributed by atoms with Crippen molar-refractivity contribution in [1.29, 1.82) is 0 Å². The van der Waals surface area contributed by atoms with Gasteiger partial charge in [0.25, 0.3) is 0 Å². The molecule has 0 spiro atoms. The van der Waals surface area contributed by atoms with Crippen LogP contribution in [-0.2, 0) is 24.3 Å². The smallest absolute Gasteiger partial charge is 0.228 e. The standard InChI is InChI=1S/C20H22N4O2/c1-15(25)24(14-17-5-3-2-4-6-17)12-11-19-22-20(23-26-19)18-9-7-16(13-21)8-10-18/h2-10H,11-14,21H2,1H3. The van der Waals surface area contributed by atoms with Crippen molar-refractivity contribution in [3.05, 3.63) is 71.6 Å². The predicted octanol–water partition coefficient (Wildman–Crippen LogP) is 2.79. The number of aromatic nitrogens is 2. The highest BCUT2D eigenvalue weighted by Gasteiger charge is 2.13. The summed E-state index contributed by atoms with van der Waals surface area (Å²) in [5.74, 6) is 1.08. The van der Waals surface area contributed by atoms with E-state index in [9.17, 15) is 4.79 Å².